The number of allylic oxidation sites excluding steroid dienone is 1. The Hall–Kier alpha value is -1.38. The van der Waals surface area contributed by atoms with Gasteiger partial charge in [-0.1, -0.05) is 6.58 Å². The van der Waals surface area contributed by atoms with Crippen molar-refractivity contribution in [3.63, 3.8) is 0 Å². The summed E-state index contributed by atoms with van der Waals surface area (Å²) in [5.41, 5.74) is 0. The smallest absolute Gasteiger partial charge is 0.255 e. The van der Waals surface area contributed by atoms with Crippen LogP contribution in [0.5, 0.6) is 0 Å². The second kappa shape index (κ2) is 2.47. The zero-order chi connectivity index (χ0) is 7.56. The number of carbonyl (C=O) groups excluding carboxylic acids is 1. The highest BCUT2D eigenvalue weighted by molar-refractivity contribution is 5.89. The fourth-order valence-electron chi connectivity index (χ4n) is 0.709. The fourth-order valence-corrected chi connectivity index (χ4v) is 0.709. The highest BCUT2D eigenvalue weighted by Gasteiger charge is 2.00. The molecule has 0 saturated heterocycles. The largest absolute Gasteiger partial charge is 0.270 e. The topological polar surface area (TPSA) is 34.9 Å². The molecule has 0 amide bonds. The Balaban J connectivity index is 3.04. The summed E-state index contributed by atoms with van der Waals surface area (Å²) in [5.74, 6) is 0.542. The summed E-state index contributed by atoms with van der Waals surface area (Å²) < 4.78 is 1.44. The molecule has 0 bridgehead atoms. The van der Waals surface area contributed by atoms with E-state index in [1.807, 2.05) is 0 Å². The van der Waals surface area contributed by atoms with Gasteiger partial charge in [0.25, 0.3) is 5.91 Å². The predicted octanol–water partition coefficient (Wildman–Crippen LogP) is 1.02. The van der Waals surface area contributed by atoms with Crippen LogP contribution in [-0.2, 0) is 0 Å². The average Bonchev–Trinajstić information content (AvgIpc) is 2.34. The molecule has 1 aromatic heterocycles. The zero-order valence-electron chi connectivity index (χ0n) is 5.74. The van der Waals surface area contributed by atoms with Crippen LogP contribution >= 0.6 is 0 Å². The first-order valence-electron chi connectivity index (χ1n) is 2.92. The predicted molar refractivity (Wildman–Crippen MR) is 37.8 cm³/mol. The van der Waals surface area contributed by atoms with Gasteiger partial charge in [-0.2, -0.15) is 0 Å². The Bertz CT molecular complexity index is 262. The van der Waals surface area contributed by atoms with Gasteiger partial charge < -0.3 is 0 Å². The standard InChI is InChI=1S/C7H8N2O/c1-3-7(10)9-5-4-8-6(9)2/h3-5H,1H2,2H3. The summed E-state index contributed by atoms with van der Waals surface area (Å²) in [4.78, 5) is 14.8. The lowest BCUT2D eigenvalue weighted by atomic mass is 10.5. The Kier molecular flexibility index (Phi) is 1.67. The van der Waals surface area contributed by atoms with Crippen LogP contribution < -0.4 is 0 Å². The average molecular weight is 136 g/mol. The van der Waals surface area contributed by atoms with E-state index in [9.17, 15) is 4.79 Å². The van der Waals surface area contributed by atoms with Gasteiger partial charge in [-0.05, 0) is 13.0 Å². The van der Waals surface area contributed by atoms with Crippen molar-refractivity contribution in [2.45, 2.75) is 6.92 Å². The van der Waals surface area contributed by atoms with E-state index in [-0.39, 0.29) is 5.91 Å². The highest BCUT2D eigenvalue weighted by Crippen LogP contribution is 1.94. The number of imidazole rings is 1. The third-order valence-corrected chi connectivity index (χ3v) is 1.24. The Labute approximate surface area is 59.0 Å². The molecule has 0 saturated carbocycles. The van der Waals surface area contributed by atoms with Crippen LogP contribution in [0.4, 0.5) is 0 Å². The van der Waals surface area contributed by atoms with Crippen LogP contribution in [0.15, 0.2) is 25.0 Å². The molecule has 3 nitrogen and oxygen atoms in total. The lowest BCUT2D eigenvalue weighted by Gasteiger charge is -1.95. The second-order valence-corrected chi connectivity index (χ2v) is 1.89. The van der Waals surface area contributed by atoms with Crippen LogP contribution in [0.2, 0.25) is 0 Å². The Morgan fingerprint density at radius 1 is 1.90 bits per heavy atom. The van der Waals surface area contributed by atoms with Crippen molar-refractivity contribution < 1.29 is 4.79 Å². The first kappa shape index (κ1) is 6.74. The van der Waals surface area contributed by atoms with Crippen molar-refractivity contribution in [1.29, 1.82) is 0 Å². The van der Waals surface area contributed by atoms with Crippen molar-refractivity contribution in [2.24, 2.45) is 0 Å². The third kappa shape index (κ3) is 0.978. The molecule has 10 heavy (non-hydrogen) atoms. The molecule has 0 radical (unpaired) electrons. The first-order valence-corrected chi connectivity index (χ1v) is 2.92. The van der Waals surface area contributed by atoms with Crippen molar-refractivity contribution in [2.75, 3.05) is 0 Å². The molecule has 1 rings (SSSR count). The van der Waals surface area contributed by atoms with E-state index in [1.165, 1.54) is 10.6 Å². The van der Waals surface area contributed by atoms with Gasteiger partial charge in [-0.25, -0.2) is 4.98 Å². The molecule has 1 heterocycles. The number of hydrogen-bond acceptors (Lipinski definition) is 2. The lowest BCUT2D eigenvalue weighted by Crippen LogP contribution is -2.06. The van der Waals surface area contributed by atoms with Crippen LogP contribution in [0.25, 0.3) is 0 Å². The molecule has 0 spiro atoms. The Morgan fingerprint density at radius 2 is 2.60 bits per heavy atom. The van der Waals surface area contributed by atoms with Gasteiger partial charge in [0.2, 0.25) is 0 Å². The van der Waals surface area contributed by atoms with Gasteiger partial charge in [0.1, 0.15) is 5.82 Å². The maximum atomic E-state index is 10.9. The van der Waals surface area contributed by atoms with E-state index < -0.39 is 0 Å². The molecule has 0 N–H and O–H groups in total. The molecular formula is C7H8N2O. The van der Waals surface area contributed by atoms with E-state index >= 15 is 0 Å². The van der Waals surface area contributed by atoms with Crippen LogP contribution in [0.1, 0.15) is 10.6 Å². The number of rotatable bonds is 1. The van der Waals surface area contributed by atoms with Crippen LogP contribution in [-0.4, -0.2) is 15.5 Å². The maximum absolute atomic E-state index is 10.9. The number of carbonyl (C=O) groups is 1. The van der Waals surface area contributed by atoms with Gasteiger partial charge in [0.05, 0.1) is 0 Å². The quantitative estimate of drug-likeness (QED) is 0.540. The van der Waals surface area contributed by atoms with E-state index in [0.717, 1.165) is 0 Å². The number of hydrogen-bond donors (Lipinski definition) is 0. The van der Waals surface area contributed by atoms with E-state index in [1.54, 1.807) is 19.3 Å². The lowest BCUT2D eigenvalue weighted by molar-refractivity contribution is 0.0967. The third-order valence-electron chi connectivity index (χ3n) is 1.24. The molecule has 52 valence electrons. The summed E-state index contributed by atoms with van der Waals surface area (Å²) in [7, 11) is 0. The second-order valence-electron chi connectivity index (χ2n) is 1.89. The molecule has 0 atom stereocenters. The monoisotopic (exact) mass is 136 g/mol. The van der Waals surface area contributed by atoms with Gasteiger partial charge >= 0.3 is 0 Å². The van der Waals surface area contributed by atoms with E-state index in [0.29, 0.717) is 5.82 Å². The number of aromatic nitrogens is 2. The number of nitrogens with zero attached hydrogens (tertiary/aromatic N) is 2. The van der Waals surface area contributed by atoms with Crippen molar-refractivity contribution in [1.82, 2.24) is 9.55 Å². The zero-order valence-corrected chi connectivity index (χ0v) is 5.74. The van der Waals surface area contributed by atoms with Crippen molar-refractivity contribution >= 4 is 5.91 Å². The van der Waals surface area contributed by atoms with Crippen LogP contribution in [0, 0.1) is 6.92 Å². The van der Waals surface area contributed by atoms with E-state index in [2.05, 4.69) is 11.6 Å². The molecule has 0 aliphatic heterocycles. The summed E-state index contributed by atoms with van der Waals surface area (Å²) in [6.45, 7) is 5.12. The molecule has 0 fully saturated rings. The maximum Gasteiger partial charge on any atom is 0.255 e. The summed E-state index contributed by atoms with van der Waals surface area (Å²) in [6.07, 6.45) is 4.45. The summed E-state index contributed by atoms with van der Waals surface area (Å²) in [5, 5.41) is 0. The molecule has 1 aromatic rings. The first-order chi connectivity index (χ1) is 4.75. The minimum absolute atomic E-state index is 0.144. The van der Waals surface area contributed by atoms with E-state index in [4.69, 9.17) is 0 Å². The normalized spacial score (nSPS) is 9.30. The van der Waals surface area contributed by atoms with Gasteiger partial charge in [0.15, 0.2) is 0 Å². The molecule has 0 unspecified atom stereocenters. The van der Waals surface area contributed by atoms with Crippen molar-refractivity contribution in [3.8, 4) is 0 Å². The molecule has 3 heteroatoms. The fraction of sp³-hybridized carbons (Fsp3) is 0.143. The van der Waals surface area contributed by atoms with Crippen LogP contribution in [0.3, 0.4) is 0 Å². The van der Waals surface area contributed by atoms with Gasteiger partial charge in [-0.15, -0.1) is 0 Å². The molecule has 0 aliphatic carbocycles. The SMILES string of the molecule is C=CC(=O)n1ccnc1C. The van der Waals surface area contributed by atoms with Gasteiger partial charge in [0, 0.05) is 12.4 Å². The Morgan fingerprint density at radius 3 is 3.00 bits per heavy atom. The minimum Gasteiger partial charge on any atom is -0.270 e. The number of aryl methyl sites for hydroxylation is 1. The van der Waals surface area contributed by atoms with Gasteiger partial charge in [-0.3, -0.25) is 9.36 Å². The molecule has 0 aliphatic rings. The molecule has 0 aromatic carbocycles. The van der Waals surface area contributed by atoms with Crippen molar-refractivity contribution in [3.05, 3.63) is 30.9 Å². The highest BCUT2D eigenvalue weighted by atomic mass is 16.1. The molecular weight excluding hydrogens is 128 g/mol. The summed E-state index contributed by atoms with van der Waals surface area (Å²) >= 11 is 0. The minimum atomic E-state index is -0.144. The summed E-state index contributed by atoms with van der Waals surface area (Å²) in [6, 6.07) is 0.